The van der Waals surface area contributed by atoms with Gasteiger partial charge in [-0.1, -0.05) is 24.3 Å². The smallest absolute Gasteiger partial charge is 0.220 e. The predicted molar refractivity (Wildman–Crippen MR) is 105 cm³/mol. The third-order valence-corrected chi connectivity index (χ3v) is 6.11. The molecule has 0 unspecified atom stereocenters. The van der Waals surface area contributed by atoms with Crippen molar-refractivity contribution >= 4 is 5.91 Å². The van der Waals surface area contributed by atoms with Crippen LogP contribution in [0.25, 0.3) is 0 Å². The van der Waals surface area contributed by atoms with Crippen LogP contribution >= 0.6 is 0 Å². The number of carbonyl (C=O) groups excluding carboxylic acids is 1. The van der Waals surface area contributed by atoms with Gasteiger partial charge in [0.15, 0.2) is 0 Å². The van der Waals surface area contributed by atoms with Crippen LogP contribution in [0.2, 0.25) is 0 Å². The first kappa shape index (κ1) is 18.2. The quantitative estimate of drug-likeness (QED) is 0.894. The summed E-state index contributed by atoms with van der Waals surface area (Å²) in [5.74, 6) is 0.198. The molecule has 2 aliphatic rings. The summed E-state index contributed by atoms with van der Waals surface area (Å²) in [6, 6.07) is 10.8. The zero-order chi connectivity index (χ0) is 18.7. The maximum Gasteiger partial charge on any atom is 0.220 e. The van der Waals surface area contributed by atoms with Crippen LogP contribution in [0.1, 0.15) is 30.4 Å². The molecule has 0 saturated carbocycles. The molecule has 0 aliphatic carbocycles. The molecule has 144 valence electrons. The molecule has 3 heterocycles. The minimum Gasteiger partial charge on any atom is -0.356 e. The van der Waals surface area contributed by atoms with Crippen molar-refractivity contribution in [3.8, 4) is 0 Å². The lowest BCUT2D eigenvalue weighted by molar-refractivity contribution is -0.121. The largest absolute Gasteiger partial charge is 0.356 e. The highest BCUT2D eigenvalue weighted by Crippen LogP contribution is 2.31. The minimum atomic E-state index is 0.115. The van der Waals surface area contributed by atoms with Gasteiger partial charge in [-0.3, -0.25) is 19.3 Å². The van der Waals surface area contributed by atoms with E-state index in [4.69, 9.17) is 0 Å². The Kier molecular flexibility index (Phi) is 5.27. The van der Waals surface area contributed by atoms with Gasteiger partial charge in [-0.15, -0.1) is 0 Å². The molecule has 0 bridgehead atoms. The zero-order valence-corrected chi connectivity index (χ0v) is 16.1. The van der Waals surface area contributed by atoms with Crippen LogP contribution in [0.3, 0.4) is 0 Å². The zero-order valence-electron chi connectivity index (χ0n) is 16.1. The third kappa shape index (κ3) is 4.22. The summed E-state index contributed by atoms with van der Waals surface area (Å²) in [7, 11) is 2.22. The number of amides is 1. The van der Waals surface area contributed by atoms with E-state index in [-0.39, 0.29) is 11.4 Å². The molecule has 1 atom stereocenters. The maximum absolute atomic E-state index is 11.8. The second kappa shape index (κ2) is 7.82. The first-order valence-corrected chi connectivity index (χ1v) is 9.89. The van der Waals surface area contributed by atoms with E-state index in [0.717, 1.165) is 52.1 Å². The average Bonchev–Trinajstić information content (AvgIpc) is 3.09. The topological polar surface area (TPSA) is 53.4 Å². The Morgan fingerprint density at radius 2 is 2.00 bits per heavy atom. The summed E-state index contributed by atoms with van der Waals surface area (Å²) < 4.78 is 1.96. The van der Waals surface area contributed by atoms with Crippen LogP contribution < -0.4 is 5.32 Å². The van der Waals surface area contributed by atoms with E-state index in [2.05, 4.69) is 51.5 Å². The van der Waals surface area contributed by atoms with E-state index < -0.39 is 0 Å². The van der Waals surface area contributed by atoms with Gasteiger partial charge in [0.2, 0.25) is 5.91 Å². The van der Waals surface area contributed by atoms with Crippen molar-refractivity contribution in [3.63, 3.8) is 0 Å². The van der Waals surface area contributed by atoms with Gasteiger partial charge >= 0.3 is 0 Å². The van der Waals surface area contributed by atoms with Crippen LogP contribution in [-0.2, 0) is 17.9 Å². The molecule has 1 aromatic carbocycles. The highest BCUT2D eigenvalue weighted by Gasteiger charge is 2.40. The fourth-order valence-electron chi connectivity index (χ4n) is 4.48. The molecule has 0 radical (unpaired) electrons. The maximum atomic E-state index is 11.8. The molecular formula is C21H29N5O. The Labute approximate surface area is 161 Å². The molecule has 2 saturated heterocycles. The molecule has 1 spiro atoms. The Balaban J connectivity index is 1.44. The summed E-state index contributed by atoms with van der Waals surface area (Å²) in [6.07, 6.45) is 6.44. The number of nitrogens with zero attached hydrogens (tertiary/aromatic N) is 4. The SMILES string of the molecule is CN1CCN(Cc2cccc(Cn3cccn3)c2)C[C@@]12CCNC(=O)CC2. The summed E-state index contributed by atoms with van der Waals surface area (Å²) in [5, 5.41) is 7.34. The molecule has 1 amide bonds. The van der Waals surface area contributed by atoms with E-state index >= 15 is 0 Å². The van der Waals surface area contributed by atoms with Gasteiger partial charge < -0.3 is 5.32 Å². The minimum absolute atomic E-state index is 0.115. The summed E-state index contributed by atoms with van der Waals surface area (Å²) in [6.45, 7) is 5.72. The van der Waals surface area contributed by atoms with Gasteiger partial charge in [0.1, 0.15) is 0 Å². The molecule has 27 heavy (non-hydrogen) atoms. The normalized spacial score (nSPS) is 24.7. The number of likely N-dealkylation sites (N-methyl/N-ethyl adjacent to an activating group) is 1. The highest BCUT2D eigenvalue weighted by atomic mass is 16.1. The fourth-order valence-corrected chi connectivity index (χ4v) is 4.48. The van der Waals surface area contributed by atoms with Crippen molar-refractivity contribution in [1.82, 2.24) is 24.9 Å². The standard InChI is InChI=1S/C21H29N5O/c1-24-12-13-25(17-21(24)7-6-20(27)22-10-8-21)15-18-4-2-5-19(14-18)16-26-11-3-9-23-26/h2-5,9,11,14H,6-8,10,12-13,15-17H2,1H3,(H,22,27)/t21-/m1/s1. The lowest BCUT2D eigenvalue weighted by Crippen LogP contribution is -2.60. The number of aromatic nitrogens is 2. The number of benzene rings is 1. The van der Waals surface area contributed by atoms with Crippen molar-refractivity contribution < 1.29 is 4.79 Å². The highest BCUT2D eigenvalue weighted by molar-refractivity contribution is 5.76. The van der Waals surface area contributed by atoms with E-state index in [9.17, 15) is 4.79 Å². The van der Waals surface area contributed by atoms with Crippen LogP contribution in [0.4, 0.5) is 0 Å². The summed E-state index contributed by atoms with van der Waals surface area (Å²) in [4.78, 5) is 16.8. The lowest BCUT2D eigenvalue weighted by Gasteiger charge is -2.49. The Hall–Kier alpha value is -2.18. The van der Waals surface area contributed by atoms with E-state index in [1.807, 2.05) is 23.1 Å². The van der Waals surface area contributed by atoms with Gasteiger partial charge in [0.05, 0.1) is 6.54 Å². The molecule has 1 aromatic heterocycles. The van der Waals surface area contributed by atoms with E-state index in [1.54, 1.807) is 0 Å². The van der Waals surface area contributed by atoms with Crippen LogP contribution in [0.15, 0.2) is 42.7 Å². The monoisotopic (exact) mass is 367 g/mol. The van der Waals surface area contributed by atoms with Crippen LogP contribution in [0, 0.1) is 0 Å². The van der Waals surface area contributed by atoms with Crippen molar-refractivity contribution in [1.29, 1.82) is 0 Å². The molecule has 2 fully saturated rings. The third-order valence-electron chi connectivity index (χ3n) is 6.11. The molecule has 6 heteroatoms. The van der Waals surface area contributed by atoms with E-state index in [0.29, 0.717) is 6.42 Å². The van der Waals surface area contributed by atoms with Crippen molar-refractivity contribution in [2.75, 3.05) is 33.2 Å². The van der Waals surface area contributed by atoms with E-state index in [1.165, 1.54) is 11.1 Å². The number of piperazine rings is 1. The molecule has 2 aliphatic heterocycles. The Bertz CT molecular complexity index is 775. The van der Waals surface area contributed by atoms with Crippen molar-refractivity contribution in [2.24, 2.45) is 0 Å². The van der Waals surface area contributed by atoms with Gasteiger partial charge in [0.25, 0.3) is 0 Å². The first-order chi connectivity index (χ1) is 13.1. The lowest BCUT2D eigenvalue weighted by atomic mass is 9.86. The van der Waals surface area contributed by atoms with Crippen molar-refractivity contribution in [2.45, 2.75) is 37.9 Å². The number of rotatable bonds is 4. The summed E-state index contributed by atoms with van der Waals surface area (Å²) in [5.41, 5.74) is 2.75. The van der Waals surface area contributed by atoms with Crippen LogP contribution in [0.5, 0.6) is 0 Å². The number of hydrogen-bond acceptors (Lipinski definition) is 4. The second-order valence-electron chi connectivity index (χ2n) is 7.98. The molecule has 1 N–H and O–H groups in total. The number of carbonyl (C=O) groups is 1. The molecule has 2 aromatic rings. The Morgan fingerprint density at radius 1 is 1.15 bits per heavy atom. The number of nitrogens with one attached hydrogen (secondary N) is 1. The molecule has 4 rings (SSSR count). The van der Waals surface area contributed by atoms with Crippen molar-refractivity contribution in [3.05, 3.63) is 53.9 Å². The predicted octanol–water partition coefficient (Wildman–Crippen LogP) is 1.72. The number of hydrogen-bond donors (Lipinski definition) is 1. The van der Waals surface area contributed by atoms with Crippen LogP contribution in [-0.4, -0.2) is 64.3 Å². The molecular weight excluding hydrogens is 338 g/mol. The fraction of sp³-hybridized carbons (Fsp3) is 0.524. The van der Waals surface area contributed by atoms with Gasteiger partial charge in [-0.05, 0) is 37.1 Å². The summed E-state index contributed by atoms with van der Waals surface area (Å²) >= 11 is 0. The van der Waals surface area contributed by atoms with Gasteiger partial charge in [0, 0.05) is 57.1 Å². The average molecular weight is 367 g/mol. The van der Waals surface area contributed by atoms with Gasteiger partial charge in [-0.25, -0.2) is 0 Å². The first-order valence-electron chi connectivity index (χ1n) is 9.89. The second-order valence-corrected chi connectivity index (χ2v) is 7.98. The molecule has 6 nitrogen and oxygen atoms in total. The van der Waals surface area contributed by atoms with Gasteiger partial charge in [-0.2, -0.15) is 5.10 Å². The Morgan fingerprint density at radius 3 is 2.81 bits per heavy atom.